The van der Waals surface area contributed by atoms with Gasteiger partial charge in [-0.25, -0.2) is 4.68 Å². The zero-order valence-corrected chi connectivity index (χ0v) is 20.0. The predicted molar refractivity (Wildman–Crippen MR) is 137 cm³/mol. The summed E-state index contributed by atoms with van der Waals surface area (Å²) in [6, 6.07) is 18.9. The maximum Gasteiger partial charge on any atom is 0.279 e. The van der Waals surface area contributed by atoms with Crippen molar-refractivity contribution in [2.45, 2.75) is 32.2 Å². The first kappa shape index (κ1) is 22.2. The van der Waals surface area contributed by atoms with Crippen molar-refractivity contribution in [1.29, 1.82) is 0 Å². The van der Waals surface area contributed by atoms with Crippen molar-refractivity contribution in [3.63, 3.8) is 0 Å². The van der Waals surface area contributed by atoms with Crippen molar-refractivity contribution in [3.8, 4) is 5.75 Å². The SMILES string of the molecule is CC1C=NC(CN2CN(C3c4ccccc4CCc4ccccc43)n3c#cc(=O)c(O)c3C2=O)=CC1. The molecule has 0 bridgehead atoms. The van der Waals surface area contributed by atoms with Gasteiger partial charge >= 0.3 is 0 Å². The lowest BCUT2D eigenvalue weighted by Crippen LogP contribution is -2.55. The molecule has 36 heavy (non-hydrogen) atoms. The normalized spacial score (nSPS) is 19.1. The summed E-state index contributed by atoms with van der Waals surface area (Å²) in [5, 5.41) is 12.7. The molecule has 2 aromatic carbocycles. The van der Waals surface area contributed by atoms with E-state index in [0.717, 1.165) is 36.1 Å². The Kier molecular flexibility index (Phi) is 5.37. The van der Waals surface area contributed by atoms with Crippen LogP contribution in [0.5, 0.6) is 5.75 Å². The minimum absolute atomic E-state index is 0.0991. The smallest absolute Gasteiger partial charge is 0.279 e. The molecule has 1 aromatic heterocycles. The lowest BCUT2D eigenvalue weighted by molar-refractivity contribution is 0.0696. The van der Waals surface area contributed by atoms with Gasteiger partial charge in [0.1, 0.15) is 6.67 Å². The maximum atomic E-state index is 13.6. The number of nitrogens with zero attached hydrogens (tertiary/aromatic N) is 4. The summed E-state index contributed by atoms with van der Waals surface area (Å²) in [6.45, 7) is 2.60. The van der Waals surface area contributed by atoms with Crippen LogP contribution in [-0.4, -0.2) is 40.0 Å². The molecule has 0 spiro atoms. The Morgan fingerprint density at radius 2 is 1.69 bits per heavy atom. The highest BCUT2D eigenvalue weighted by molar-refractivity contribution is 5.96. The highest BCUT2D eigenvalue weighted by Gasteiger charge is 2.38. The number of benzene rings is 2. The second-order valence-corrected chi connectivity index (χ2v) is 9.65. The van der Waals surface area contributed by atoms with E-state index in [1.807, 2.05) is 41.6 Å². The summed E-state index contributed by atoms with van der Waals surface area (Å²) < 4.78 is 1.49. The topological polar surface area (TPSA) is 78.1 Å². The van der Waals surface area contributed by atoms with E-state index in [1.165, 1.54) is 15.8 Å². The fourth-order valence-corrected chi connectivity index (χ4v) is 5.36. The van der Waals surface area contributed by atoms with Crippen LogP contribution in [0.4, 0.5) is 0 Å². The lowest BCUT2D eigenvalue weighted by Gasteiger charge is -2.43. The van der Waals surface area contributed by atoms with Crippen molar-refractivity contribution in [3.05, 3.63) is 111 Å². The van der Waals surface area contributed by atoms with Gasteiger partial charge in [-0.3, -0.25) is 19.6 Å². The van der Waals surface area contributed by atoms with Gasteiger partial charge in [0, 0.05) is 18.5 Å². The number of carbonyl (C=O) groups excluding carboxylic acids is 1. The largest absolute Gasteiger partial charge is 0.502 e. The Balaban J connectivity index is 1.52. The molecule has 7 nitrogen and oxygen atoms in total. The van der Waals surface area contributed by atoms with Crippen LogP contribution < -0.4 is 10.4 Å². The average molecular weight is 479 g/mol. The highest BCUT2D eigenvalue weighted by atomic mass is 16.3. The van der Waals surface area contributed by atoms with Crippen LogP contribution >= 0.6 is 0 Å². The lowest BCUT2D eigenvalue weighted by atomic mass is 9.94. The Morgan fingerprint density at radius 1 is 1.03 bits per heavy atom. The molecule has 1 amide bonds. The molecule has 2 aliphatic heterocycles. The van der Waals surface area contributed by atoms with Gasteiger partial charge < -0.3 is 10.0 Å². The number of carbonyl (C=O) groups is 1. The molecule has 0 radical (unpaired) electrons. The van der Waals surface area contributed by atoms with Crippen LogP contribution in [0, 0.1) is 18.2 Å². The fraction of sp³-hybridized carbons (Fsp3) is 0.276. The maximum absolute atomic E-state index is 13.6. The van der Waals surface area contributed by atoms with Gasteiger partial charge in [-0.05, 0) is 47.4 Å². The van der Waals surface area contributed by atoms with Gasteiger partial charge in [0.05, 0.1) is 18.3 Å². The number of rotatable bonds is 3. The second-order valence-electron chi connectivity index (χ2n) is 9.65. The third-order valence-electron chi connectivity index (χ3n) is 7.22. The monoisotopic (exact) mass is 478 g/mol. The van der Waals surface area contributed by atoms with E-state index in [9.17, 15) is 14.7 Å². The Hall–Kier alpha value is -4.31. The van der Waals surface area contributed by atoms with Crippen molar-refractivity contribution in [2.24, 2.45) is 10.9 Å². The average Bonchev–Trinajstić information content (AvgIpc) is 3.06. The minimum Gasteiger partial charge on any atom is -0.502 e. The van der Waals surface area contributed by atoms with E-state index in [2.05, 4.69) is 48.4 Å². The first-order valence-electron chi connectivity index (χ1n) is 12.2. The molecule has 1 unspecified atom stereocenters. The molecular formula is C29H26N4O3. The van der Waals surface area contributed by atoms with Gasteiger partial charge in [0.25, 0.3) is 11.3 Å². The molecule has 6 rings (SSSR count). The number of hydrogen-bond donors (Lipinski definition) is 1. The highest BCUT2D eigenvalue weighted by Crippen LogP contribution is 2.38. The van der Waals surface area contributed by atoms with Crippen molar-refractivity contribution >= 4 is 12.1 Å². The van der Waals surface area contributed by atoms with Crippen LogP contribution in [0.1, 0.15) is 52.1 Å². The van der Waals surface area contributed by atoms with Crippen LogP contribution in [0.3, 0.4) is 0 Å². The third kappa shape index (κ3) is 3.66. The third-order valence-corrected chi connectivity index (χ3v) is 7.22. The van der Waals surface area contributed by atoms with E-state index in [-0.39, 0.29) is 24.9 Å². The van der Waals surface area contributed by atoms with Gasteiger partial charge in [-0.15, -0.1) is 0 Å². The number of amides is 1. The Bertz CT molecular complexity index is 1420. The molecule has 0 fully saturated rings. The number of fused-ring (bicyclic) bond motifs is 3. The molecule has 3 heterocycles. The number of aromatic hydroxyl groups is 1. The molecule has 7 heteroatoms. The zero-order valence-electron chi connectivity index (χ0n) is 20.0. The van der Waals surface area contributed by atoms with Crippen molar-refractivity contribution < 1.29 is 9.90 Å². The Labute approximate surface area is 209 Å². The van der Waals surface area contributed by atoms with Crippen LogP contribution in [0.25, 0.3) is 0 Å². The molecule has 3 aliphatic rings. The van der Waals surface area contributed by atoms with E-state index in [0.29, 0.717) is 5.92 Å². The van der Waals surface area contributed by atoms with E-state index in [4.69, 9.17) is 0 Å². The molecular weight excluding hydrogens is 452 g/mol. The summed E-state index contributed by atoms with van der Waals surface area (Å²) in [4.78, 5) is 32.1. The summed E-state index contributed by atoms with van der Waals surface area (Å²) >= 11 is 0. The molecule has 1 N–H and O–H groups in total. The quantitative estimate of drug-likeness (QED) is 0.626. The number of aryl methyl sites for hydroxylation is 2. The first-order chi connectivity index (χ1) is 17.5. The molecule has 3 aromatic rings. The summed E-state index contributed by atoms with van der Waals surface area (Å²) in [6.07, 6.45) is 9.45. The number of aromatic nitrogens is 1. The number of hydrogen-bond acceptors (Lipinski definition) is 5. The van der Waals surface area contributed by atoms with Gasteiger partial charge in [-0.2, -0.15) is 0 Å². The fourth-order valence-electron chi connectivity index (χ4n) is 5.36. The standard InChI is InChI=1S/C29H26N4O3/c1-19-10-13-22(30-16-19)17-31-18-33(32-15-14-25(34)28(35)27(32)29(31)36)26-23-8-4-2-6-20(23)11-12-21-7-3-5-9-24(21)26/h2-9,13,16,19,26,35H,10-12,17-18H2,1H3. The molecule has 0 saturated carbocycles. The Morgan fingerprint density at radius 3 is 2.33 bits per heavy atom. The first-order valence-corrected chi connectivity index (χ1v) is 12.2. The van der Waals surface area contributed by atoms with Crippen LogP contribution in [-0.2, 0) is 12.8 Å². The minimum atomic E-state index is -0.748. The number of allylic oxidation sites excluding steroid dienone is 1. The summed E-state index contributed by atoms with van der Waals surface area (Å²) in [5.74, 6) is -0.691. The number of aliphatic imine (C=N–C) groups is 1. The summed E-state index contributed by atoms with van der Waals surface area (Å²) in [5.41, 5.74) is 4.65. The van der Waals surface area contributed by atoms with E-state index >= 15 is 0 Å². The van der Waals surface area contributed by atoms with E-state index < -0.39 is 17.1 Å². The molecule has 0 saturated heterocycles. The van der Waals surface area contributed by atoms with Gasteiger partial charge in [0.2, 0.25) is 5.75 Å². The van der Waals surface area contributed by atoms with Gasteiger partial charge in [-0.1, -0.05) is 61.5 Å². The molecule has 1 atom stereocenters. The second kappa shape index (κ2) is 8.72. The van der Waals surface area contributed by atoms with Crippen LogP contribution in [0.2, 0.25) is 0 Å². The molecule has 180 valence electrons. The van der Waals surface area contributed by atoms with Crippen LogP contribution in [0.15, 0.2) is 70.1 Å². The van der Waals surface area contributed by atoms with Gasteiger partial charge in [0.15, 0.2) is 5.69 Å². The van der Waals surface area contributed by atoms with Crippen molar-refractivity contribution in [1.82, 2.24) is 9.58 Å². The predicted octanol–water partition coefficient (Wildman–Crippen LogP) is 3.39. The van der Waals surface area contributed by atoms with E-state index in [1.54, 1.807) is 4.90 Å². The summed E-state index contributed by atoms with van der Waals surface area (Å²) in [7, 11) is 0. The zero-order chi connectivity index (χ0) is 24.8. The molecule has 1 aliphatic carbocycles. The van der Waals surface area contributed by atoms with Crippen molar-refractivity contribution in [2.75, 3.05) is 18.2 Å².